The van der Waals surface area contributed by atoms with Gasteiger partial charge in [0.15, 0.2) is 0 Å². The second-order valence-corrected chi connectivity index (χ2v) is 8.74. The Bertz CT molecular complexity index is 1360. The maximum Gasteiger partial charge on any atom is 0.253 e. The zero-order valence-electron chi connectivity index (χ0n) is 21.0. The molecule has 6 heteroatoms. The molecule has 2 heterocycles. The van der Waals surface area contributed by atoms with E-state index in [0.717, 1.165) is 33.8 Å². The molecular formula is C30H31N3O3. The lowest BCUT2D eigenvalue weighted by molar-refractivity contribution is 0.0949. The molecule has 0 radical (unpaired) electrons. The highest BCUT2D eigenvalue weighted by molar-refractivity contribution is 5.97. The second-order valence-electron chi connectivity index (χ2n) is 8.74. The van der Waals surface area contributed by atoms with Crippen LogP contribution in [0.3, 0.4) is 0 Å². The van der Waals surface area contributed by atoms with Crippen LogP contribution in [0.25, 0.3) is 23.4 Å². The number of hydrogen-bond acceptors (Lipinski definition) is 4. The monoisotopic (exact) mass is 481 g/mol. The fourth-order valence-corrected chi connectivity index (χ4v) is 3.99. The molecule has 0 saturated heterocycles. The van der Waals surface area contributed by atoms with Crippen LogP contribution in [0, 0.1) is 0 Å². The number of nitrogens with one attached hydrogen (secondary N) is 2. The lowest BCUT2D eigenvalue weighted by Crippen LogP contribution is -2.24. The minimum Gasteiger partial charge on any atom is -0.497 e. The van der Waals surface area contributed by atoms with Crippen molar-refractivity contribution in [2.24, 2.45) is 0 Å². The number of carbonyl (C=O) groups excluding carboxylic acids is 1. The van der Waals surface area contributed by atoms with Gasteiger partial charge in [-0.15, -0.1) is 0 Å². The Balaban J connectivity index is 1.55. The molecule has 0 aliphatic rings. The number of amides is 1. The van der Waals surface area contributed by atoms with Gasteiger partial charge in [0.25, 0.3) is 5.91 Å². The highest BCUT2D eigenvalue weighted by atomic mass is 16.5. The van der Waals surface area contributed by atoms with E-state index in [1.165, 1.54) is 0 Å². The molecule has 0 spiro atoms. The number of benzene rings is 2. The Hall–Kier alpha value is -4.32. The van der Waals surface area contributed by atoms with E-state index in [2.05, 4.69) is 29.1 Å². The van der Waals surface area contributed by atoms with Crippen molar-refractivity contribution in [2.75, 3.05) is 14.2 Å². The number of aromatic nitrogens is 2. The van der Waals surface area contributed by atoms with Gasteiger partial charge >= 0.3 is 0 Å². The lowest BCUT2D eigenvalue weighted by atomic mass is 10.1. The number of pyridine rings is 1. The zero-order valence-corrected chi connectivity index (χ0v) is 21.0. The minimum absolute atomic E-state index is 0.141. The summed E-state index contributed by atoms with van der Waals surface area (Å²) in [5.41, 5.74) is 6.19. The van der Waals surface area contributed by atoms with E-state index in [1.807, 2.05) is 78.9 Å². The molecule has 4 aromatic rings. The van der Waals surface area contributed by atoms with E-state index in [0.29, 0.717) is 23.6 Å². The van der Waals surface area contributed by atoms with Crippen LogP contribution < -0.4 is 14.8 Å². The van der Waals surface area contributed by atoms with Crippen LogP contribution in [0.4, 0.5) is 0 Å². The zero-order chi connectivity index (χ0) is 25.5. The molecule has 2 aromatic carbocycles. The lowest BCUT2D eigenvalue weighted by Gasteiger charge is -2.12. The third-order valence-electron chi connectivity index (χ3n) is 5.94. The predicted octanol–water partition coefficient (Wildman–Crippen LogP) is 6.32. The van der Waals surface area contributed by atoms with Crippen molar-refractivity contribution in [2.45, 2.75) is 26.3 Å². The van der Waals surface area contributed by atoms with E-state index in [-0.39, 0.29) is 11.8 Å². The first-order valence-electron chi connectivity index (χ1n) is 11.9. The topological polar surface area (TPSA) is 76.2 Å². The summed E-state index contributed by atoms with van der Waals surface area (Å²) in [4.78, 5) is 21.1. The summed E-state index contributed by atoms with van der Waals surface area (Å²) >= 11 is 0. The highest BCUT2D eigenvalue weighted by Gasteiger charge is 2.19. The Morgan fingerprint density at radius 2 is 1.81 bits per heavy atom. The molecule has 0 unspecified atom stereocenters. The van der Waals surface area contributed by atoms with Crippen LogP contribution in [-0.4, -0.2) is 30.1 Å². The average Bonchev–Trinajstić information content (AvgIpc) is 3.37. The summed E-state index contributed by atoms with van der Waals surface area (Å²) in [6, 6.07) is 21.5. The van der Waals surface area contributed by atoms with E-state index < -0.39 is 0 Å². The van der Waals surface area contributed by atoms with Gasteiger partial charge in [-0.2, -0.15) is 0 Å². The molecule has 6 nitrogen and oxygen atoms in total. The van der Waals surface area contributed by atoms with Gasteiger partial charge in [0, 0.05) is 41.3 Å². The summed E-state index contributed by atoms with van der Waals surface area (Å²) in [6.45, 7) is 4.48. The number of ether oxygens (including phenoxy) is 2. The van der Waals surface area contributed by atoms with Crippen molar-refractivity contribution in [3.8, 4) is 22.8 Å². The van der Waals surface area contributed by atoms with Crippen molar-refractivity contribution in [1.29, 1.82) is 0 Å². The number of rotatable bonds is 9. The Morgan fingerprint density at radius 3 is 2.53 bits per heavy atom. The molecule has 0 bridgehead atoms. The highest BCUT2D eigenvalue weighted by Crippen LogP contribution is 2.28. The van der Waals surface area contributed by atoms with Crippen LogP contribution in [0.2, 0.25) is 0 Å². The summed E-state index contributed by atoms with van der Waals surface area (Å²) in [5, 5.41) is 3.03. The molecule has 4 rings (SSSR count). The minimum atomic E-state index is -0.141. The standard InChI is InChI=1S/C30H31N3O3/c1-20(2)29-26(30(34)32-19-23-11-13-25(35-3)17-28(23)36-4)18-27(33-29)22-14-15-31-24(16-22)12-10-21-8-6-5-7-9-21/h5-18,20,33H,19H2,1-4H3,(H,32,34)/b12-10+. The number of H-pyrrole nitrogens is 1. The smallest absolute Gasteiger partial charge is 0.253 e. The average molecular weight is 482 g/mol. The number of hydrogen-bond donors (Lipinski definition) is 2. The van der Waals surface area contributed by atoms with Gasteiger partial charge in [-0.05, 0) is 47.9 Å². The maximum absolute atomic E-state index is 13.2. The Morgan fingerprint density at radius 1 is 1.00 bits per heavy atom. The van der Waals surface area contributed by atoms with Gasteiger partial charge in [0.1, 0.15) is 11.5 Å². The first kappa shape index (κ1) is 24.8. The van der Waals surface area contributed by atoms with Gasteiger partial charge < -0.3 is 19.8 Å². The second kappa shape index (κ2) is 11.4. The van der Waals surface area contributed by atoms with Crippen LogP contribution in [0.15, 0.2) is 72.9 Å². The van der Waals surface area contributed by atoms with E-state index in [9.17, 15) is 4.79 Å². The first-order valence-corrected chi connectivity index (χ1v) is 11.9. The van der Waals surface area contributed by atoms with Gasteiger partial charge in [0.2, 0.25) is 0 Å². The normalized spacial score (nSPS) is 11.1. The fourth-order valence-electron chi connectivity index (χ4n) is 3.99. The number of nitrogens with zero attached hydrogens (tertiary/aromatic N) is 1. The Kier molecular flexibility index (Phi) is 7.85. The van der Waals surface area contributed by atoms with Crippen molar-refractivity contribution in [3.05, 3.63) is 101 Å². The van der Waals surface area contributed by atoms with Crippen molar-refractivity contribution < 1.29 is 14.3 Å². The van der Waals surface area contributed by atoms with Crippen LogP contribution in [-0.2, 0) is 6.54 Å². The predicted molar refractivity (Wildman–Crippen MR) is 144 cm³/mol. The molecule has 184 valence electrons. The van der Waals surface area contributed by atoms with Crippen LogP contribution in [0.5, 0.6) is 11.5 Å². The maximum atomic E-state index is 13.2. The molecule has 0 aliphatic heterocycles. The molecule has 2 aromatic heterocycles. The van der Waals surface area contributed by atoms with E-state index in [1.54, 1.807) is 20.4 Å². The van der Waals surface area contributed by atoms with Crippen LogP contribution in [0.1, 0.15) is 52.6 Å². The van der Waals surface area contributed by atoms with Gasteiger partial charge in [0.05, 0.1) is 25.5 Å². The first-order chi connectivity index (χ1) is 17.5. The molecule has 0 atom stereocenters. The summed E-state index contributed by atoms with van der Waals surface area (Å²) in [7, 11) is 3.21. The molecule has 2 N–H and O–H groups in total. The SMILES string of the molecule is COc1ccc(CNC(=O)c2cc(-c3ccnc(/C=C/c4ccccc4)c3)[nH]c2C(C)C)c(OC)c1. The molecular weight excluding hydrogens is 450 g/mol. The third kappa shape index (κ3) is 5.84. The van der Waals surface area contributed by atoms with Crippen molar-refractivity contribution in [3.63, 3.8) is 0 Å². The summed E-state index contributed by atoms with van der Waals surface area (Å²) in [5.74, 6) is 1.38. The summed E-state index contributed by atoms with van der Waals surface area (Å²) in [6.07, 6.45) is 5.80. The van der Waals surface area contributed by atoms with E-state index >= 15 is 0 Å². The van der Waals surface area contributed by atoms with Gasteiger partial charge in [-0.3, -0.25) is 9.78 Å². The molecule has 1 amide bonds. The van der Waals surface area contributed by atoms with Crippen LogP contribution >= 0.6 is 0 Å². The van der Waals surface area contributed by atoms with Gasteiger partial charge in [-0.25, -0.2) is 0 Å². The fraction of sp³-hybridized carbons (Fsp3) is 0.200. The van der Waals surface area contributed by atoms with Crippen molar-refractivity contribution >= 4 is 18.1 Å². The van der Waals surface area contributed by atoms with Gasteiger partial charge in [-0.1, -0.05) is 50.3 Å². The van der Waals surface area contributed by atoms with E-state index in [4.69, 9.17) is 9.47 Å². The quantitative estimate of drug-likeness (QED) is 0.293. The molecule has 0 fully saturated rings. The molecule has 0 aliphatic carbocycles. The largest absolute Gasteiger partial charge is 0.497 e. The van der Waals surface area contributed by atoms with Crippen molar-refractivity contribution in [1.82, 2.24) is 15.3 Å². The number of methoxy groups -OCH3 is 2. The molecule has 36 heavy (non-hydrogen) atoms. The summed E-state index contributed by atoms with van der Waals surface area (Å²) < 4.78 is 10.7. The number of carbonyl (C=O) groups is 1. The third-order valence-corrected chi connectivity index (χ3v) is 5.94. The Labute approximate surface area is 212 Å². The molecule has 0 saturated carbocycles. The number of aromatic amines is 1.